The number of fused-ring (bicyclic) bond motifs is 1. The van der Waals surface area contributed by atoms with E-state index in [1.54, 1.807) is 18.3 Å². The largest absolute Gasteiger partial charge is 0.301 e. The quantitative estimate of drug-likeness (QED) is 0.811. The molecule has 2 aromatic rings. The molecule has 0 unspecified atom stereocenters. The lowest BCUT2D eigenvalue weighted by molar-refractivity contribution is 0.318. The normalized spacial score (nSPS) is 17.0. The third-order valence-electron chi connectivity index (χ3n) is 3.43. The van der Waals surface area contributed by atoms with E-state index in [0.29, 0.717) is 0 Å². The topological polar surface area (TPSA) is 21.1 Å². The molecule has 0 saturated carbocycles. The van der Waals surface area contributed by atoms with Crippen LogP contribution in [0.2, 0.25) is 0 Å². The van der Waals surface area contributed by atoms with Crippen LogP contribution >= 0.6 is 0 Å². The van der Waals surface area contributed by atoms with Crippen LogP contribution in [0.15, 0.2) is 24.4 Å². The van der Waals surface area contributed by atoms with Crippen LogP contribution in [0.25, 0.3) is 10.9 Å². The van der Waals surface area contributed by atoms with Gasteiger partial charge in [0.25, 0.3) is 0 Å². The van der Waals surface area contributed by atoms with E-state index in [1.165, 1.54) is 32.0 Å². The van der Waals surface area contributed by atoms with Gasteiger partial charge in [0.1, 0.15) is 5.82 Å². The van der Waals surface area contributed by atoms with Gasteiger partial charge in [-0.3, -0.25) is 4.68 Å². The van der Waals surface area contributed by atoms with Gasteiger partial charge in [-0.05, 0) is 44.1 Å². The van der Waals surface area contributed by atoms with Gasteiger partial charge in [-0.1, -0.05) is 0 Å². The number of rotatable bonds is 3. The zero-order chi connectivity index (χ0) is 11.7. The van der Waals surface area contributed by atoms with Crippen molar-refractivity contribution in [2.24, 2.45) is 0 Å². The number of hydrogen-bond acceptors (Lipinski definition) is 2. The molecule has 17 heavy (non-hydrogen) atoms. The van der Waals surface area contributed by atoms with Gasteiger partial charge in [0.2, 0.25) is 0 Å². The van der Waals surface area contributed by atoms with Crippen molar-refractivity contribution in [3.63, 3.8) is 0 Å². The first-order valence-corrected chi connectivity index (χ1v) is 6.16. The van der Waals surface area contributed by atoms with Crippen LogP contribution in [-0.4, -0.2) is 34.3 Å². The molecule has 1 aliphatic heterocycles. The van der Waals surface area contributed by atoms with E-state index >= 15 is 0 Å². The van der Waals surface area contributed by atoms with Crippen molar-refractivity contribution >= 4 is 10.9 Å². The number of benzene rings is 1. The fourth-order valence-electron chi connectivity index (χ4n) is 2.46. The van der Waals surface area contributed by atoms with Crippen molar-refractivity contribution in [1.29, 1.82) is 0 Å². The van der Waals surface area contributed by atoms with Crippen molar-refractivity contribution in [1.82, 2.24) is 14.7 Å². The lowest BCUT2D eigenvalue weighted by Crippen LogP contribution is -2.24. The third kappa shape index (κ3) is 2.17. The summed E-state index contributed by atoms with van der Waals surface area (Å²) in [6.07, 6.45) is 4.40. The molecule has 0 atom stereocenters. The fraction of sp³-hybridized carbons (Fsp3) is 0.462. The second-order valence-corrected chi connectivity index (χ2v) is 4.62. The van der Waals surface area contributed by atoms with Gasteiger partial charge in [0, 0.05) is 11.9 Å². The molecule has 2 heterocycles. The van der Waals surface area contributed by atoms with Gasteiger partial charge < -0.3 is 4.90 Å². The smallest absolute Gasteiger partial charge is 0.125 e. The molecule has 1 aliphatic rings. The van der Waals surface area contributed by atoms with E-state index in [2.05, 4.69) is 10.00 Å². The van der Waals surface area contributed by atoms with Gasteiger partial charge in [0.15, 0.2) is 0 Å². The fourth-order valence-corrected chi connectivity index (χ4v) is 2.46. The average Bonchev–Trinajstić information content (AvgIpc) is 2.94. The molecular weight excluding hydrogens is 217 g/mol. The maximum atomic E-state index is 13.2. The van der Waals surface area contributed by atoms with Crippen LogP contribution in [0.4, 0.5) is 4.39 Å². The van der Waals surface area contributed by atoms with E-state index < -0.39 is 0 Å². The van der Waals surface area contributed by atoms with Gasteiger partial charge in [-0.25, -0.2) is 4.39 Å². The van der Waals surface area contributed by atoms with E-state index in [0.717, 1.165) is 24.0 Å². The van der Waals surface area contributed by atoms with E-state index in [4.69, 9.17) is 0 Å². The second-order valence-electron chi connectivity index (χ2n) is 4.62. The molecule has 0 amide bonds. The van der Waals surface area contributed by atoms with E-state index in [1.807, 2.05) is 4.68 Å². The molecule has 1 fully saturated rings. The van der Waals surface area contributed by atoms with Gasteiger partial charge >= 0.3 is 0 Å². The number of halogens is 1. The molecule has 0 aliphatic carbocycles. The Morgan fingerprint density at radius 3 is 2.82 bits per heavy atom. The summed E-state index contributed by atoms with van der Waals surface area (Å²) >= 11 is 0. The highest BCUT2D eigenvalue weighted by Gasteiger charge is 2.12. The Labute approximate surface area is 99.8 Å². The number of aromatic nitrogens is 2. The van der Waals surface area contributed by atoms with E-state index in [9.17, 15) is 4.39 Å². The summed E-state index contributed by atoms with van der Waals surface area (Å²) < 4.78 is 15.1. The number of nitrogens with zero attached hydrogens (tertiary/aromatic N) is 3. The summed E-state index contributed by atoms with van der Waals surface area (Å²) in [6.45, 7) is 4.22. The standard InChI is InChI=1S/C13H16FN3/c14-12-4-3-11-10-15-17(13(11)9-12)8-7-16-5-1-2-6-16/h3-4,9-10H,1-2,5-8H2. The van der Waals surface area contributed by atoms with Crippen molar-refractivity contribution < 1.29 is 4.39 Å². The summed E-state index contributed by atoms with van der Waals surface area (Å²) in [6, 6.07) is 4.82. The highest BCUT2D eigenvalue weighted by Crippen LogP contribution is 2.15. The van der Waals surface area contributed by atoms with Crippen LogP contribution < -0.4 is 0 Å². The van der Waals surface area contributed by atoms with Crippen LogP contribution in [0.1, 0.15) is 12.8 Å². The SMILES string of the molecule is Fc1ccc2cnn(CCN3CCCC3)c2c1. The van der Waals surface area contributed by atoms with Gasteiger partial charge in [0.05, 0.1) is 18.3 Å². The molecule has 0 spiro atoms. The maximum absolute atomic E-state index is 13.2. The number of likely N-dealkylation sites (tertiary alicyclic amines) is 1. The first-order chi connectivity index (χ1) is 8.33. The summed E-state index contributed by atoms with van der Waals surface area (Å²) in [5.41, 5.74) is 0.893. The van der Waals surface area contributed by atoms with Crippen LogP contribution in [-0.2, 0) is 6.54 Å². The predicted octanol–water partition coefficient (Wildman–Crippen LogP) is 2.27. The minimum absolute atomic E-state index is 0.194. The Morgan fingerprint density at radius 2 is 2.00 bits per heavy atom. The van der Waals surface area contributed by atoms with Crippen molar-refractivity contribution in [3.05, 3.63) is 30.2 Å². The Balaban J connectivity index is 1.77. The Kier molecular flexibility index (Phi) is 2.81. The van der Waals surface area contributed by atoms with Crippen molar-refractivity contribution in [2.45, 2.75) is 19.4 Å². The second kappa shape index (κ2) is 4.45. The summed E-state index contributed by atoms with van der Waals surface area (Å²) in [7, 11) is 0. The molecule has 0 bridgehead atoms. The van der Waals surface area contributed by atoms with Crippen molar-refractivity contribution in [2.75, 3.05) is 19.6 Å². The summed E-state index contributed by atoms with van der Waals surface area (Å²) in [5.74, 6) is -0.194. The highest BCUT2D eigenvalue weighted by atomic mass is 19.1. The average molecular weight is 233 g/mol. The molecule has 1 aromatic heterocycles. The zero-order valence-electron chi connectivity index (χ0n) is 9.77. The van der Waals surface area contributed by atoms with Crippen LogP contribution in [0, 0.1) is 5.82 Å². The summed E-state index contributed by atoms with van der Waals surface area (Å²) in [4.78, 5) is 2.44. The van der Waals surface area contributed by atoms with Gasteiger partial charge in [-0.15, -0.1) is 0 Å². The Bertz CT molecular complexity index is 514. The molecule has 90 valence electrons. The molecular formula is C13H16FN3. The minimum atomic E-state index is -0.194. The van der Waals surface area contributed by atoms with Crippen LogP contribution in [0.5, 0.6) is 0 Å². The monoisotopic (exact) mass is 233 g/mol. The highest BCUT2D eigenvalue weighted by molar-refractivity contribution is 5.78. The van der Waals surface area contributed by atoms with Gasteiger partial charge in [-0.2, -0.15) is 5.10 Å². The lowest BCUT2D eigenvalue weighted by atomic mass is 10.2. The molecule has 4 heteroatoms. The summed E-state index contributed by atoms with van der Waals surface area (Å²) in [5, 5.41) is 5.33. The lowest BCUT2D eigenvalue weighted by Gasteiger charge is -2.14. The zero-order valence-corrected chi connectivity index (χ0v) is 9.77. The first kappa shape index (κ1) is 10.7. The molecule has 1 aromatic carbocycles. The molecule has 1 saturated heterocycles. The molecule has 3 rings (SSSR count). The maximum Gasteiger partial charge on any atom is 0.125 e. The first-order valence-electron chi connectivity index (χ1n) is 6.16. The molecule has 0 N–H and O–H groups in total. The Hall–Kier alpha value is -1.42. The Morgan fingerprint density at radius 1 is 1.18 bits per heavy atom. The van der Waals surface area contributed by atoms with E-state index in [-0.39, 0.29) is 5.82 Å². The van der Waals surface area contributed by atoms with Crippen LogP contribution in [0.3, 0.4) is 0 Å². The molecule has 0 radical (unpaired) electrons. The number of hydrogen-bond donors (Lipinski definition) is 0. The third-order valence-corrected chi connectivity index (χ3v) is 3.43. The predicted molar refractivity (Wildman–Crippen MR) is 65.4 cm³/mol. The van der Waals surface area contributed by atoms with Crippen molar-refractivity contribution in [3.8, 4) is 0 Å². The molecule has 3 nitrogen and oxygen atoms in total. The minimum Gasteiger partial charge on any atom is -0.301 e.